The van der Waals surface area contributed by atoms with Crippen LogP contribution in [-0.4, -0.2) is 19.8 Å². The molecule has 1 unspecified atom stereocenters. The molecule has 0 aliphatic heterocycles. The Morgan fingerprint density at radius 2 is 2.16 bits per heavy atom. The summed E-state index contributed by atoms with van der Waals surface area (Å²) in [7, 11) is 1.63. The molecule has 4 heteroatoms. The minimum atomic E-state index is -0.00835. The average Bonchev–Trinajstić information content (AvgIpc) is 2.35. The Morgan fingerprint density at radius 1 is 1.42 bits per heavy atom. The molecule has 3 nitrogen and oxygen atoms in total. The summed E-state index contributed by atoms with van der Waals surface area (Å²) in [4.78, 5) is 0. The van der Waals surface area contributed by atoms with Crippen LogP contribution in [-0.2, 0) is 4.74 Å². The zero-order valence-electron chi connectivity index (χ0n) is 11.6. The van der Waals surface area contributed by atoms with Gasteiger partial charge in [0.15, 0.2) is 0 Å². The first-order valence-corrected chi connectivity index (χ1v) is 7.22. The lowest BCUT2D eigenvalue weighted by Gasteiger charge is -2.36. The quantitative estimate of drug-likeness (QED) is 0.868. The molecule has 2 rings (SSSR count). The molecule has 0 spiro atoms. The molecule has 1 aromatic rings. The number of rotatable bonds is 6. The molecule has 1 aliphatic rings. The topological polar surface area (TPSA) is 44.5 Å². The maximum atomic E-state index is 6.25. The molecule has 0 radical (unpaired) electrons. The fourth-order valence-corrected chi connectivity index (χ4v) is 2.97. The van der Waals surface area contributed by atoms with E-state index in [-0.39, 0.29) is 6.04 Å². The summed E-state index contributed by atoms with van der Waals surface area (Å²) in [5.41, 5.74) is 7.25. The summed E-state index contributed by atoms with van der Waals surface area (Å²) >= 11 is 6.24. The third-order valence-electron chi connectivity index (χ3n) is 3.79. The first-order valence-electron chi connectivity index (χ1n) is 6.84. The van der Waals surface area contributed by atoms with Crippen molar-refractivity contribution in [1.82, 2.24) is 0 Å². The van der Waals surface area contributed by atoms with E-state index < -0.39 is 0 Å². The lowest BCUT2D eigenvalue weighted by Crippen LogP contribution is -2.33. The van der Waals surface area contributed by atoms with Gasteiger partial charge in [-0.1, -0.05) is 17.7 Å². The Bertz CT molecular complexity index is 419. The Balaban J connectivity index is 1.88. The van der Waals surface area contributed by atoms with Crippen molar-refractivity contribution >= 4 is 11.6 Å². The first-order chi connectivity index (χ1) is 9.13. The number of benzene rings is 1. The maximum absolute atomic E-state index is 6.25. The highest BCUT2D eigenvalue weighted by Gasteiger charge is 2.31. The first kappa shape index (κ1) is 14.6. The van der Waals surface area contributed by atoms with Crippen LogP contribution in [0.2, 0.25) is 5.02 Å². The van der Waals surface area contributed by atoms with Gasteiger partial charge in [0.2, 0.25) is 0 Å². The van der Waals surface area contributed by atoms with Gasteiger partial charge >= 0.3 is 0 Å². The number of hydrogen-bond donors (Lipinski definition) is 1. The van der Waals surface area contributed by atoms with Crippen molar-refractivity contribution < 1.29 is 9.47 Å². The maximum Gasteiger partial charge on any atom is 0.120 e. The molecule has 0 aromatic heterocycles. The number of halogens is 1. The predicted octanol–water partition coefficient (Wildman–Crippen LogP) is 3.55. The van der Waals surface area contributed by atoms with Crippen LogP contribution in [0.5, 0.6) is 5.75 Å². The smallest absolute Gasteiger partial charge is 0.120 e. The summed E-state index contributed by atoms with van der Waals surface area (Å²) in [6.45, 7) is 2.84. The van der Waals surface area contributed by atoms with Gasteiger partial charge in [-0.15, -0.1) is 0 Å². The minimum absolute atomic E-state index is 0.00835. The van der Waals surface area contributed by atoms with E-state index in [0.29, 0.717) is 17.0 Å². The normalized spacial score (nSPS) is 23.8. The molecule has 0 bridgehead atoms. The summed E-state index contributed by atoms with van der Waals surface area (Å²) in [5, 5.41) is 0.688. The van der Waals surface area contributed by atoms with Gasteiger partial charge in [0.1, 0.15) is 5.75 Å². The largest absolute Gasteiger partial charge is 0.497 e. The fraction of sp³-hybridized carbons (Fsp3) is 0.600. The van der Waals surface area contributed by atoms with Crippen LogP contribution in [0.15, 0.2) is 18.2 Å². The van der Waals surface area contributed by atoms with Gasteiger partial charge < -0.3 is 15.2 Å². The van der Waals surface area contributed by atoms with Gasteiger partial charge in [-0.2, -0.15) is 0 Å². The molecule has 0 saturated heterocycles. The van der Waals surface area contributed by atoms with Crippen molar-refractivity contribution in [3.8, 4) is 5.75 Å². The number of methoxy groups -OCH3 is 1. The SMILES string of the molecule is CCOC1CC(CC(N)c2ccc(OC)cc2Cl)C1. The molecule has 0 heterocycles. The molecule has 2 N–H and O–H groups in total. The summed E-state index contributed by atoms with van der Waals surface area (Å²) in [5.74, 6) is 1.42. The van der Waals surface area contributed by atoms with Crippen LogP contribution in [0, 0.1) is 5.92 Å². The van der Waals surface area contributed by atoms with Crippen molar-refractivity contribution in [2.24, 2.45) is 11.7 Å². The van der Waals surface area contributed by atoms with Crippen LogP contribution in [0.3, 0.4) is 0 Å². The monoisotopic (exact) mass is 283 g/mol. The van der Waals surface area contributed by atoms with E-state index in [4.69, 9.17) is 26.8 Å². The van der Waals surface area contributed by atoms with Crippen molar-refractivity contribution in [2.75, 3.05) is 13.7 Å². The van der Waals surface area contributed by atoms with E-state index in [1.807, 2.05) is 25.1 Å². The minimum Gasteiger partial charge on any atom is -0.497 e. The highest BCUT2D eigenvalue weighted by atomic mass is 35.5. The second-order valence-electron chi connectivity index (χ2n) is 5.14. The summed E-state index contributed by atoms with van der Waals surface area (Å²) in [6.07, 6.45) is 3.65. The molecule has 1 aliphatic carbocycles. The van der Waals surface area contributed by atoms with Crippen molar-refractivity contribution in [3.05, 3.63) is 28.8 Å². The van der Waals surface area contributed by atoms with Gasteiger partial charge in [0.25, 0.3) is 0 Å². The van der Waals surface area contributed by atoms with Crippen LogP contribution in [0.1, 0.15) is 37.8 Å². The summed E-state index contributed by atoms with van der Waals surface area (Å²) < 4.78 is 10.7. The van der Waals surface area contributed by atoms with Gasteiger partial charge in [-0.25, -0.2) is 0 Å². The van der Waals surface area contributed by atoms with Gasteiger partial charge in [-0.05, 0) is 49.8 Å². The van der Waals surface area contributed by atoms with Crippen molar-refractivity contribution in [1.29, 1.82) is 0 Å². The molecular formula is C15H22ClNO2. The second-order valence-corrected chi connectivity index (χ2v) is 5.55. The lowest BCUT2D eigenvalue weighted by molar-refractivity contribution is -0.0282. The second kappa shape index (κ2) is 6.60. The molecule has 106 valence electrons. The van der Waals surface area contributed by atoms with E-state index >= 15 is 0 Å². The molecule has 0 amide bonds. The molecule has 1 fully saturated rings. The van der Waals surface area contributed by atoms with Crippen LogP contribution < -0.4 is 10.5 Å². The van der Waals surface area contributed by atoms with Crippen LogP contribution in [0.4, 0.5) is 0 Å². The molecule has 19 heavy (non-hydrogen) atoms. The Morgan fingerprint density at radius 3 is 2.74 bits per heavy atom. The van der Waals surface area contributed by atoms with Gasteiger partial charge in [0.05, 0.1) is 13.2 Å². The van der Waals surface area contributed by atoms with Gasteiger partial charge in [-0.3, -0.25) is 0 Å². The third-order valence-corrected chi connectivity index (χ3v) is 4.12. The third kappa shape index (κ3) is 3.62. The lowest BCUT2D eigenvalue weighted by atomic mass is 9.77. The average molecular weight is 284 g/mol. The Labute approximate surface area is 120 Å². The zero-order chi connectivity index (χ0) is 13.8. The van der Waals surface area contributed by atoms with E-state index in [1.165, 1.54) is 0 Å². The number of nitrogens with two attached hydrogens (primary N) is 1. The van der Waals surface area contributed by atoms with Crippen LogP contribution >= 0.6 is 11.6 Å². The van der Waals surface area contributed by atoms with Gasteiger partial charge in [0, 0.05) is 17.7 Å². The zero-order valence-corrected chi connectivity index (χ0v) is 12.3. The summed E-state index contributed by atoms with van der Waals surface area (Å²) in [6, 6.07) is 5.68. The molecule has 1 aromatic carbocycles. The molecule has 1 saturated carbocycles. The molecule has 1 atom stereocenters. The predicted molar refractivity (Wildman–Crippen MR) is 77.7 cm³/mol. The Kier molecular flexibility index (Phi) is 5.08. The number of ether oxygens (including phenoxy) is 2. The standard InChI is InChI=1S/C15H22ClNO2/c1-3-19-12-6-10(7-12)8-15(17)13-5-4-11(18-2)9-14(13)16/h4-5,9-10,12,15H,3,6-8,17H2,1-2H3. The van der Waals surface area contributed by atoms with E-state index in [1.54, 1.807) is 7.11 Å². The van der Waals surface area contributed by atoms with E-state index in [2.05, 4.69) is 0 Å². The highest BCUT2D eigenvalue weighted by molar-refractivity contribution is 6.31. The van der Waals surface area contributed by atoms with Crippen LogP contribution in [0.25, 0.3) is 0 Å². The number of hydrogen-bond acceptors (Lipinski definition) is 3. The Hall–Kier alpha value is -0.770. The van der Waals surface area contributed by atoms with Crippen molar-refractivity contribution in [3.63, 3.8) is 0 Å². The fourth-order valence-electron chi connectivity index (χ4n) is 2.66. The van der Waals surface area contributed by atoms with E-state index in [9.17, 15) is 0 Å². The highest BCUT2D eigenvalue weighted by Crippen LogP contribution is 2.38. The molecular weight excluding hydrogens is 262 g/mol. The van der Waals surface area contributed by atoms with Crippen molar-refractivity contribution in [2.45, 2.75) is 38.3 Å². The van der Waals surface area contributed by atoms with E-state index in [0.717, 1.165) is 37.2 Å².